The van der Waals surface area contributed by atoms with E-state index in [1.165, 1.54) is 0 Å². The van der Waals surface area contributed by atoms with Crippen LogP contribution >= 0.6 is 22.9 Å². The Morgan fingerprint density at radius 3 is 2.82 bits per heavy atom. The van der Waals surface area contributed by atoms with Crippen LogP contribution in [-0.4, -0.2) is 35.8 Å². The lowest BCUT2D eigenvalue weighted by molar-refractivity contribution is -0.135. The lowest BCUT2D eigenvalue weighted by atomic mass is 9.80. The summed E-state index contributed by atoms with van der Waals surface area (Å²) < 4.78 is 0. The van der Waals surface area contributed by atoms with E-state index in [2.05, 4.69) is 10.6 Å². The lowest BCUT2D eigenvalue weighted by Gasteiger charge is -2.31. The Balaban J connectivity index is 1.37. The Kier molecular flexibility index (Phi) is 5.12. The molecule has 0 saturated carbocycles. The van der Waals surface area contributed by atoms with Crippen LogP contribution in [0.3, 0.4) is 0 Å². The van der Waals surface area contributed by atoms with Crippen molar-refractivity contribution in [2.24, 2.45) is 0 Å². The molecule has 1 saturated heterocycles. The molecule has 1 aromatic heterocycles. The molecule has 1 atom stereocenters. The van der Waals surface area contributed by atoms with Gasteiger partial charge in [-0.2, -0.15) is 0 Å². The molecular formula is C20H20ClN3O3S. The van der Waals surface area contributed by atoms with Crippen molar-refractivity contribution in [3.63, 3.8) is 0 Å². The molecular weight excluding hydrogens is 398 g/mol. The third-order valence-corrected chi connectivity index (χ3v) is 6.52. The van der Waals surface area contributed by atoms with Gasteiger partial charge in [-0.15, -0.1) is 11.3 Å². The first-order chi connectivity index (χ1) is 13.5. The normalized spacial score (nSPS) is 21.0. The number of carbonyl (C=O) groups excluding carboxylic acids is 3. The van der Waals surface area contributed by atoms with Crippen LogP contribution in [0.4, 0.5) is 4.79 Å². The number of carbonyl (C=O) groups is 3. The maximum Gasteiger partial charge on any atom is 0.325 e. The maximum absolute atomic E-state index is 13.1. The van der Waals surface area contributed by atoms with Crippen LogP contribution in [0, 0.1) is 0 Å². The minimum absolute atomic E-state index is 0.271. The molecule has 2 heterocycles. The summed E-state index contributed by atoms with van der Waals surface area (Å²) in [4.78, 5) is 40.0. The number of rotatable bonds is 5. The predicted octanol–water partition coefficient (Wildman–Crippen LogP) is 2.84. The number of thiophene rings is 1. The highest BCUT2D eigenvalue weighted by Gasteiger charge is 2.54. The van der Waals surface area contributed by atoms with E-state index >= 15 is 0 Å². The van der Waals surface area contributed by atoms with E-state index in [9.17, 15) is 14.4 Å². The van der Waals surface area contributed by atoms with Crippen molar-refractivity contribution >= 4 is 40.8 Å². The molecule has 146 valence electrons. The minimum Gasteiger partial charge on any atom is -0.354 e. The van der Waals surface area contributed by atoms with Gasteiger partial charge in [0.05, 0.1) is 0 Å². The monoisotopic (exact) mass is 417 g/mol. The second kappa shape index (κ2) is 7.56. The first-order valence-electron chi connectivity index (χ1n) is 9.22. The topological polar surface area (TPSA) is 78.5 Å². The molecule has 2 aliphatic rings. The fourth-order valence-corrected chi connectivity index (χ4v) is 5.01. The summed E-state index contributed by atoms with van der Waals surface area (Å²) in [6.07, 6.45) is 2.96. The van der Waals surface area contributed by atoms with Gasteiger partial charge in [0.2, 0.25) is 5.91 Å². The molecule has 1 aliphatic carbocycles. The van der Waals surface area contributed by atoms with E-state index in [0.29, 0.717) is 24.4 Å². The average Bonchev–Trinajstić information content (AvgIpc) is 3.24. The molecule has 0 bridgehead atoms. The number of halogens is 1. The van der Waals surface area contributed by atoms with Gasteiger partial charge in [0.15, 0.2) is 0 Å². The highest BCUT2D eigenvalue weighted by atomic mass is 35.5. The van der Waals surface area contributed by atoms with Gasteiger partial charge >= 0.3 is 6.03 Å². The van der Waals surface area contributed by atoms with E-state index in [1.54, 1.807) is 23.5 Å². The van der Waals surface area contributed by atoms with Crippen LogP contribution < -0.4 is 10.6 Å². The number of urea groups is 1. The van der Waals surface area contributed by atoms with Crippen LogP contribution in [0.25, 0.3) is 0 Å². The van der Waals surface area contributed by atoms with Crippen LogP contribution in [0.5, 0.6) is 0 Å². The van der Waals surface area contributed by atoms with Crippen LogP contribution in [-0.2, 0) is 28.0 Å². The van der Waals surface area contributed by atoms with E-state index in [-0.39, 0.29) is 18.4 Å². The standard InChI is InChI=1S/C20H20ClN3O3S/c21-14-5-3-13(4-6-14)7-10-22-17(25)12-24-18(26)20(23-19(24)27)9-1-2-16-15(20)8-11-28-16/h3-6,8,11H,1-2,7,9-10,12H2,(H,22,25)(H,23,27). The molecule has 1 spiro atoms. The molecule has 8 heteroatoms. The van der Waals surface area contributed by atoms with Gasteiger partial charge < -0.3 is 10.6 Å². The van der Waals surface area contributed by atoms with Gasteiger partial charge in [0.1, 0.15) is 12.1 Å². The third-order valence-electron chi connectivity index (χ3n) is 5.29. The quantitative estimate of drug-likeness (QED) is 0.734. The van der Waals surface area contributed by atoms with Gasteiger partial charge in [-0.25, -0.2) is 4.79 Å². The number of hydrogen-bond donors (Lipinski definition) is 2. The number of nitrogens with one attached hydrogen (secondary N) is 2. The van der Waals surface area contributed by atoms with E-state index in [0.717, 1.165) is 33.7 Å². The number of amides is 4. The van der Waals surface area contributed by atoms with Gasteiger partial charge in [-0.3, -0.25) is 14.5 Å². The highest BCUT2D eigenvalue weighted by molar-refractivity contribution is 7.10. The van der Waals surface area contributed by atoms with Crippen LogP contribution in [0.2, 0.25) is 5.02 Å². The molecule has 2 N–H and O–H groups in total. The SMILES string of the molecule is O=C(CN1C(=O)NC2(CCCc3sccc32)C1=O)NCCc1ccc(Cl)cc1. The molecule has 0 radical (unpaired) electrons. The summed E-state index contributed by atoms with van der Waals surface area (Å²) in [5.74, 6) is -0.680. The van der Waals surface area contributed by atoms with E-state index in [4.69, 9.17) is 11.6 Å². The second-order valence-corrected chi connectivity index (χ2v) is 8.50. The molecule has 28 heavy (non-hydrogen) atoms. The molecule has 1 aromatic carbocycles. The Hall–Kier alpha value is -2.38. The molecule has 2 aromatic rings. The number of benzene rings is 1. The Morgan fingerprint density at radius 2 is 2.04 bits per heavy atom. The predicted molar refractivity (Wildman–Crippen MR) is 107 cm³/mol. The molecule has 4 rings (SSSR count). The Labute approximate surface area is 171 Å². The molecule has 6 nitrogen and oxygen atoms in total. The van der Waals surface area contributed by atoms with Crippen molar-refractivity contribution in [1.82, 2.24) is 15.5 Å². The molecule has 4 amide bonds. The Morgan fingerprint density at radius 1 is 1.25 bits per heavy atom. The molecule has 1 aliphatic heterocycles. The second-order valence-electron chi connectivity index (χ2n) is 7.06. The fourth-order valence-electron chi connectivity index (χ4n) is 3.88. The zero-order valence-corrected chi connectivity index (χ0v) is 16.7. The van der Waals surface area contributed by atoms with Crippen LogP contribution in [0.1, 0.15) is 28.8 Å². The number of nitrogens with zero attached hydrogens (tertiary/aromatic N) is 1. The zero-order chi connectivity index (χ0) is 19.7. The lowest BCUT2D eigenvalue weighted by Crippen LogP contribution is -2.46. The average molecular weight is 418 g/mol. The van der Waals surface area contributed by atoms with Gasteiger partial charge in [0.25, 0.3) is 5.91 Å². The first kappa shape index (κ1) is 19.0. The fraction of sp³-hybridized carbons (Fsp3) is 0.350. The zero-order valence-electron chi connectivity index (χ0n) is 15.2. The molecule has 1 fully saturated rings. The largest absolute Gasteiger partial charge is 0.354 e. The highest BCUT2D eigenvalue weighted by Crippen LogP contribution is 2.41. The number of aryl methyl sites for hydroxylation is 1. The summed E-state index contributed by atoms with van der Waals surface area (Å²) in [5, 5.41) is 8.24. The third kappa shape index (κ3) is 3.40. The smallest absolute Gasteiger partial charge is 0.325 e. The Bertz CT molecular complexity index is 927. The molecule has 1 unspecified atom stereocenters. The first-order valence-corrected chi connectivity index (χ1v) is 10.5. The summed E-state index contributed by atoms with van der Waals surface area (Å²) in [7, 11) is 0. The number of hydrogen-bond acceptors (Lipinski definition) is 4. The summed E-state index contributed by atoms with van der Waals surface area (Å²) >= 11 is 7.46. The number of fused-ring (bicyclic) bond motifs is 2. The number of imide groups is 1. The van der Waals surface area contributed by atoms with Crippen molar-refractivity contribution in [1.29, 1.82) is 0 Å². The maximum atomic E-state index is 13.1. The van der Waals surface area contributed by atoms with Crippen molar-refractivity contribution < 1.29 is 14.4 Å². The minimum atomic E-state index is -1.01. The van der Waals surface area contributed by atoms with Crippen molar-refractivity contribution in [3.8, 4) is 0 Å². The van der Waals surface area contributed by atoms with Gasteiger partial charge in [0, 0.05) is 22.0 Å². The van der Waals surface area contributed by atoms with Crippen molar-refractivity contribution in [2.45, 2.75) is 31.2 Å². The van der Waals surface area contributed by atoms with Gasteiger partial charge in [-0.05, 0) is 54.8 Å². The summed E-state index contributed by atoms with van der Waals surface area (Å²) in [6, 6.07) is 8.81. The van der Waals surface area contributed by atoms with Crippen LogP contribution in [0.15, 0.2) is 35.7 Å². The van der Waals surface area contributed by atoms with Crippen molar-refractivity contribution in [2.75, 3.05) is 13.1 Å². The van der Waals surface area contributed by atoms with E-state index in [1.807, 2.05) is 23.6 Å². The summed E-state index contributed by atoms with van der Waals surface area (Å²) in [5.41, 5.74) is 0.924. The summed E-state index contributed by atoms with van der Waals surface area (Å²) in [6.45, 7) is 0.149. The van der Waals surface area contributed by atoms with E-state index < -0.39 is 11.6 Å². The van der Waals surface area contributed by atoms with Gasteiger partial charge in [-0.1, -0.05) is 23.7 Å². The van der Waals surface area contributed by atoms with Crippen molar-refractivity contribution in [3.05, 3.63) is 56.7 Å².